The quantitative estimate of drug-likeness (QED) is 0.839. The van der Waals surface area contributed by atoms with Crippen LogP contribution < -0.4 is 5.32 Å². The van der Waals surface area contributed by atoms with Gasteiger partial charge in [-0.05, 0) is 43.9 Å². The molecule has 0 spiro atoms. The second-order valence-corrected chi connectivity index (χ2v) is 5.38. The standard InChI is InChI=1S/C15H22N2/c1-16-13-9-10-17(11-13)15-8-4-6-12-5-2-3-7-14(12)15/h2-3,5,7,13,15-16H,4,6,8-11H2,1H3. The highest BCUT2D eigenvalue weighted by Gasteiger charge is 2.30. The molecule has 0 radical (unpaired) electrons. The lowest BCUT2D eigenvalue weighted by atomic mass is 9.87. The number of hydrogen-bond acceptors (Lipinski definition) is 2. The van der Waals surface area contributed by atoms with Crippen molar-refractivity contribution < 1.29 is 0 Å². The first-order chi connectivity index (χ1) is 8.38. The van der Waals surface area contributed by atoms with Crippen molar-refractivity contribution in [2.75, 3.05) is 20.1 Å². The summed E-state index contributed by atoms with van der Waals surface area (Å²) in [6, 6.07) is 10.4. The maximum Gasteiger partial charge on any atom is 0.0351 e. The summed E-state index contributed by atoms with van der Waals surface area (Å²) in [5, 5.41) is 3.42. The van der Waals surface area contributed by atoms with E-state index in [4.69, 9.17) is 0 Å². The first-order valence-electron chi connectivity index (χ1n) is 6.87. The molecule has 2 aliphatic rings. The van der Waals surface area contributed by atoms with Crippen molar-refractivity contribution in [3.8, 4) is 0 Å². The van der Waals surface area contributed by atoms with Crippen molar-refractivity contribution >= 4 is 0 Å². The fraction of sp³-hybridized carbons (Fsp3) is 0.600. The van der Waals surface area contributed by atoms with Crippen molar-refractivity contribution in [2.45, 2.75) is 37.8 Å². The van der Waals surface area contributed by atoms with Crippen LogP contribution in [0.4, 0.5) is 0 Å². The molecule has 17 heavy (non-hydrogen) atoms. The minimum atomic E-state index is 0.679. The topological polar surface area (TPSA) is 15.3 Å². The lowest BCUT2D eigenvalue weighted by Gasteiger charge is -2.33. The molecule has 1 aliphatic heterocycles. The fourth-order valence-corrected chi connectivity index (χ4v) is 3.41. The van der Waals surface area contributed by atoms with Gasteiger partial charge in [0, 0.05) is 25.2 Å². The summed E-state index contributed by atoms with van der Waals surface area (Å²) in [6.07, 6.45) is 5.26. The van der Waals surface area contributed by atoms with Crippen LogP contribution in [0.25, 0.3) is 0 Å². The number of benzene rings is 1. The molecule has 92 valence electrons. The molecule has 1 heterocycles. The average Bonchev–Trinajstić information content (AvgIpc) is 2.87. The number of fused-ring (bicyclic) bond motifs is 1. The molecule has 2 heteroatoms. The third kappa shape index (κ3) is 2.12. The van der Waals surface area contributed by atoms with Gasteiger partial charge in [0.1, 0.15) is 0 Å². The van der Waals surface area contributed by atoms with Crippen molar-refractivity contribution in [1.29, 1.82) is 0 Å². The molecule has 2 nitrogen and oxygen atoms in total. The van der Waals surface area contributed by atoms with Crippen LogP contribution in [0, 0.1) is 0 Å². The number of nitrogens with one attached hydrogen (secondary N) is 1. The number of hydrogen-bond donors (Lipinski definition) is 1. The minimum absolute atomic E-state index is 0.679. The summed E-state index contributed by atoms with van der Waals surface area (Å²) in [6.45, 7) is 2.47. The Labute approximate surface area is 104 Å². The molecule has 1 aromatic carbocycles. The molecule has 1 aromatic rings. The Morgan fingerprint density at radius 1 is 1.24 bits per heavy atom. The van der Waals surface area contributed by atoms with E-state index in [0.29, 0.717) is 12.1 Å². The highest BCUT2D eigenvalue weighted by molar-refractivity contribution is 5.32. The summed E-state index contributed by atoms with van der Waals surface area (Å²) in [4.78, 5) is 2.68. The van der Waals surface area contributed by atoms with E-state index in [1.165, 1.54) is 38.8 Å². The van der Waals surface area contributed by atoms with E-state index in [1.807, 2.05) is 0 Å². The summed E-state index contributed by atoms with van der Waals surface area (Å²) in [5.74, 6) is 0. The molecule has 0 saturated carbocycles. The Kier molecular flexibility index (Phi) is 3.17. The number of nitrogens with zero attached hydrogens (tertiary/aromatic N) is 1. The molecule has 0 amide bonds. The summed E-state index contributed by atoms with van der Waals surface area (Å²) >= 11 is 0. The van der Waals surface area contributed by atoms with Gasteiger partial charge in [0.2, 0.25) is 0 Å². The van der Waals surface area contributed by atoms with Gasteiger partial charge in [-0.2, -0.15) is 0 Å². The lowest BCUT2D eigenvalue weighted by Crippen LogP contribution is -2.33. The molecule has 2 atom stereocenters. The molecule has 3 rings (SSSR count). The van der Waals surface area contributed by atoms with Crippen molar-refractivity contribution in [3.63, 3.8) is 0 Å². The predicted octanol–water partition coefficient (Wildman–Crippen LogP) is 2.36. The van der Waals surface area contributed by atoms with E-state index in [2.05, 4.69) is 41.5 Å². The van der Waals surface area contributed by atoms with Gasteiger partial charge in [-0.25, -0.2) is 0 Å². The van der Waals surface area contributed by atoms with E-state index < -0.39 is 0 Å². The van der Waals surface area contributed by atoms with Gasteiger partial charge >= 0.3 is 0 Å². The maximum absolute atomic E-state index is 3.42. The number of likely N-dealkylation sites (N-methyl/N-ethyl adjacent to an activating group) is 1. The average molecular weight is 230 g/mol. The van der Waals surface area contributed by atoms with Gasteiger partial charge in [0.15, 0.2) is 0 Å². The van der Waals surface area contributed by atoms with Gasteiger partial charge in [-0.3, -0.25) is 4.90 Å². The molecule has 0 aromatic heterocycles. The van der Waals surface area contributed by atoms with E-state index in [-0.39, 0.29) is 0 Å². The number of likely N-dealkylation sites (tertiary alicyclic amines) is 1. The molecular formula is C15H22N2. The number of rotatable bonds is 2. The molecule has 2 unspecified atom stereocenters. The highest BCUT2D eigenvalue weighted by atomic mass is 15.2. The summed E-state index contributed by atoms with van der Waals surface area (Å²) < 4.78 is 0. The Hall–Kier alpha value is -0.860. The van der Waals surface area contributed by atoms with E-state index in [9.17, 15) is 0 Å². The largest absolute Gasteiger partial charge is 0.316 e. The third-order valence-electron chi connectivity index (χ3n) is 4.41. The van der Waals surface area contributed by atoms with Crippen LogP contribution in [0.2, 0.25) is 0 Å². The zero-order valence-corrected chi connectivity index (χ0v) is 10.7. The predicted molar refractivity (Wildman–Crippen MR) is 71.2 cm³/mol. The highest BCUT2D eigenvalue weighted by Crippen LogP contribution is 2.35. The zero-order chi connectivity index (χ0) is 11.7. The first kappa shape index (κ1) is 11.2. The number of aryl methyl sites for hydroxylation is 1. The van der Waals surface area contributed by atoms with Gasteiger partial charge in [0.05, 0.1) is 0 Å². The second-order valence-electron chi connectivity index (χ2n) is 5.38. The van der Waals surface area contributed by atoms with Crippen LogP contribution in [0.3, 0.4) is 0 Å². The van der Waals surface area contributed by atoms with Crippen LogP contribution in [0.5, 0.6) is 0 Å². The molecule has 1 fully saturated rings. The Morgan fingerprint density at radius 2 is 2.12 bits per heavy atom. The van der Waals surface area contributed by atoms with Crippen LogP contribution in [0.1, 0.15) is 36.4 Å². The van der Waals surface area contributed by atoms with Crippen molar-refractivity contribution in [3.05, 3.63) is 35.4 Å². The smallest absolute Gasteiger partial charge is 0.0351 e. The van der Waals surface area contributed by atoms with Gasteiger partial charge in [-0.15, -0.1) is 0 Å². The molecule has 0 bridgehead atoms. The summed E-state index contributed by atoms with van der Waals surface area (Å²) in [7, 11) is 2.09. The van der Waals surface area contributed by atoms with Gasteiger partial charge < -0.3 is 5.32 Å². The molecule has 1 N–H and O–H groups in total. The van der Waals surface area contributed by atoms with E-state index in [1.54, 1.807) is 11.1 Å². The Bertz CT molecular complexity index is 388. The Morgan fingerprint density at radius 3 is 2.94 bits per heavy atom. The SMILES string of the molecule is CNC1CCN(C2CCCc3ccccc32)C1. The third-order valence-corrected chi connectivity index (χ3v) is 4.41. The van der Waals surface area contributed by atoms with E-state index in [0.717, 1.165) is 0 Å². The zero-order valence-electron chi connectivity index (χ0n) is 10.7. The minimum Gasteiger partial charge on any atom is -0.316 e. The lowest BCUT2D eigenvalue weighted by molar-refractivity contribution is 0.217. The molecule has 1 aliphatic carbocycles. The molecule has 1 saturated heterocycles. The van der Waals surface area contributed by atoms with Crippen molar-refractivity contribution in [1.82, 2.24) is 10.2 Å². The van der Waals surface area contributed by atoms with Crippen molar-refractivity contribution in [2.24, 2.45) is 0 Å². The van der Waals surface area contributed by atoms with Crippen LogP contribution in [-0.4, -0.2) is 31.1 Å². The molecular weight excluding hydrogens is 208 g/mol. The fourth-order valence-electron chi connectivity index (χ4n) is 3.41. The normalized spacial score (nSPS) is 29.2. The monoisotopic (exact) mass is 230 g/mol. The van der Waals surface area contributed by atoms with Crippen LogP contribution >= 0.6 is 0 Å². The van der Waals surface area contributed by atoms with Gasteiger partial charge in [-0.1, -0.05) is 24.3 Å². The van der Waals surface area contributed by atoms with E-state index >= 15 is 0 Å². The maximum atomic E-state index is 3.42. The summed E-state index contributed by atoms with van der Waals surface area (Å²) in [5.41, 5.74) is 3.17. The second kappa shape index (κ2) is 4.79. The first-order valence-corrected chi connectivity index (χ1v) is 6.87. The Balaban J connectivity index is 1.81. The van der Waals surface area contributed by atoms with Crippen LogP contribution in [-0.2, 0) is 6.42 Å². The van der Waals surface area contributed by atoms with Gasteiger partial charge in [0.25, 0.3) is 0 Å². The van der Waals surface area contributed by atoms with Crippen LogP contribution in [0.15, 0.2) is 24.3 Å².